The highest BCUT2D eigenvalue weighted by Crippen LogP contribution is 2.20. The molecule has 1 fully saturated rings. The molecule has 19 heavy (non-hydrogen) atoms. The summed E-state index contributed by atoms with van der Waals surface area (Å²) in [6.07, 6.45) is 3.27. The molecule has 1 amide bonds. The second kappa shape index (κ2) is 6.57. The summed E-state index contributed by atoms with van der Waals surface area (Å²) in [4.78, 5) is 11.8. The summed E-state index contributed by atoms with van der Waals surface area (Å²) in [5.41, 5.74) is 1.11. The van der Waals surface area contributed by atoms with Crippen LogP contribution in [0.15, 0.2) is 24.3 Å². The fourth-order valence-corrected chi connectivity index (χ4v) is 2.03. The lowest BCUT2D eigenvalue weighted by Crippen LogP contribution is -2.36. The summed E-state index contributed by atoms with van der Waals surface area (Å²) >= 11 is 0. The molecule has 1 atom stereocenters. The Morgan fingerprint density at radius 3 is 2.58 bits per heavy atom. The Balaban J connectivity index is 1.88. The molecule has 4 nitrogen and oxygen atoms in total. The molecule has 1 aromatic rings. The lowest BCUT2D eigenvalue weighted by molar-refractivity contribution is -0.121. The first-order chi connectivity index (χ1) is 9.22. The maximum Gasteiger partial charge on any atom is 0.234 e. The van der Waals surface area contributed by atoms with Gasteiger partial charge in [-0.05, 0) is 37.0 Å². The molecule has 0 aromatic heterocycles. The molecule has 0 bridgehead atoms. The van der Waals surface area contributed by atoms with Crippen molar-refractivity contribution < 1.29 is 9.53 Å². The van der Waals surface area contributed by atoms with E-state index in [4.69, 9.17) is 4.74 Å². The van der Waals surface area contributed by atoms with Crippen LogP contribution < -0.4 is 15.4 Å². The van der Waals surface area contributed by atoms with Crippen molar-refractivity contribution in [3.63, 3.8) is 0 Å². The van der Waals surface area contributed by atoms with Crippen molar-refractivity contribution in [3.05, 3.63) is 29.8 Å². The number of carbonyl (C=O) groups is 1. The SMILES string of the molecule is CCC(NC(=O)CNC1CC1)c1ccc(OC)cc1. The Labute approximate surface area is 114 Å². The monoisotopic (exact) mass is 262 g/mol. The predicted octanol–water partition coefficient (Wildman–Crippen LogP) is 2.01. The van der Waals surface area contributed by atoms with Crippen LogP contribution in [-0.2, 0) is 4.79 Å². The van der Waals surface area contributed by atoms with Crippen LogP contribution in [0.1, 0.15) is 37.8 Å². The molecule has 104 valence electrons. The molecule has 0 spiro atoms. The Bertz CT molecular complexity index is 413. The van der Waals surface area contributed by atoms with E-state index in [1.54, 1.807) is 7.11 Å². The number of nitrogens with one attached hydrogen (secondary N) is 2. The number of carbonyl (C=O) groups excluding carboxylic acids is 1. The average Bonchev–Trinajstić information content (AvgIpc) is 3.27. The first kappa shape index (κ1) is 13.9. The molecule has 1 aromatic carbocycles. The molecule has 0 saturated heterocycles. The van der Waals surface area contributed by atoms with Gasteiger partial charge in [0.1, 0.15) is 5.75 Å². The fraction of sp³-hybridized carbons (Fsp3) is 0.533. The highest BCUT2D eigenvalue weighted by atomic mass is 16.5. The summed E-state index contributed by atoms with van der Waals surface area (Å²) in [6.45, 7) is 2.49. The second-order valence-electron chi connectivity index (χ2n) is 4.96. The first-order valence-corrected chi connectivity index (χ1v) is 6.89. The summed E-state index contributed by atoms with van der Waals surface area (Å²) < 4.78 is 5.14. The van der Waals surface area contributed by atoms with E-state index >= 15 is 0 Å². The molecule has 2 rings (SSSR count). The maximum atomic E-state index is 11.8. The molecule has 0 radical (unpaired) electrons. The minimum absolute atomic E-state index is 0.0644. The minimum Gasteiger partial charge on any atom is -0.497 e. The number of methoxy groups -OCH3 is 1. The van der Waals surface area contributed by atoms with E-state index in [0.717, 1.165) is 17.7 Å². The van der Waals surface area contributed by atoms with Gasteiger partial charge in [0.2, 0.25) is 5.91 Å². The zero-order valence-electron chi connectivity index (χ0n) is 11.6. The van der Waals surface area contributed by atoms with Gasteiger partial charge >= 0.3 is 0 Å². The van der Waals surface area contributed by atoms with Crippen molar-refractivity contribution in [1.29, 1.82) is 0 Å². The van der Waals surface area contributed by atoms with Crippen LogP contribution in [0.3, 0.4) is 0 Å². The number of hydrogen-bond acceptors (Lipinski definition) is 3. The molecule has 4 heteroatoms. The van der Waals surface area contributed by atoms with E-state index in [0.29, 0.717) is 12.6 Å². The van der Waals surface area contributed by atoms with E-state index in [-0.39, 0.29) is 11.9 Å². The third-order valence-corrected chi connectivity index (χ3v) is 3.39. The van der Waals surface area contributed by atoms with Crippen LogP contribution in [-0.4, -0.2) is 25.6 Å². The molecule has 0 aliphatic heterocycles. The lowest BCUT2D eigenvalue weighted by Gasteiger charge is -2.18. The molecule has 1 unspecified atom stereocenters. The van der Waals surface area contributed by atoms with Crippen LogP contribution >= 0.6 is 0 Å². The van der Waals surface area contributed by atoms with Crippen LogP contribution in [0, 0.1) is 0 Å². The molecule has 1 aliphatic rings. The molecular weight excluding hydrogens is 240 g/mol. The standard InChI is InChI=1S/C15H22N2O2/c1-3-14(11-4-8-13(19-2)9-5-11)17-15(18)10-16-12-6-7-12/h4-5,8-9,12,14,16H,3,6-7,10H2,1-2H3,(H,17,18). The number of benzene rings is 1. The maximum absolute atomic E-state index is 11.8. The van der Waals surface area contributed by atoms with Crippen LogP contribution in [0.4, 0.5) is 0 Å². The fourth-order valence-electron chi connectivity index (χ4n) is 2.03. The normalized spacial score (nSPS) is 15.9. The Hall–Kier alpha value is -1.55. The van der Waals surface area contributed by atoms with Crippen molar-refractivity contribution in [2.75, 3.05) is 13.7 Å². The third kappa shape index (κ3) is 4.24. The smallest absolute Gasteiger partial charge is 0.234 e. The van der Waals surface area contributed by atoms with Gasteiger partial charge in [-0.25, -0.2) is 0 Å². The van der Waals surface area contributed by atoms with Crippen molar-refractivity contribution in [3.8, 4) is 5.75 Å². The molecule has 1 saturated carbocycles. The van der Waals surface area contributed by atoms with Crippen LogP contribution in [0.5, 0.6) is 5.75 Å². The van der Waals surface area contributed by atoms with Crippen LogP contribution in [0.25, 0.3) is 0 Å². The van der Waals surface area contributed by atoms with Crippen molar-refractivity contribution in [2.45, 2.75) is 38.3 Å². The van der Waals surface area contributed by atoms with Crippen molar-refractivity contribution in [1.82, 2.24) is 10.6 Å². The van der Waals surface area contributed by atoms with Gasteiger partial charge in [-0.1, -0.05) is 19.1 Å². The predicted molar refractivity (Wildman–Crippen MR) is 75.2 cm³/mol. The Morgan fingerprint density at radius 1 is 1.37 bits per heavy atom. The Kier molecular flexibility index (Phi) is 4.80. The largest absolute Gasteiger partial charge is 0.497 e. The molecule has 2 N–H and O–H groups in total. The van der Waals surface area contributed by atoms with Gasteiger partial charge in [0.05, 0.1) is 19.7 Å². The van der Waals surface area contributed by atoms with Gasteiger partial charge in [-0.15, -0.1) is 0 Å². The summed E-state index contributed by atoms with van der Waals surface area (Å²) in [5.74, 6) is 0.898. The van der Waals surface area contributed by atoms with Gasteiger partial charge in [-0.3, -0.25) is 4.79 Å². The highest BCUT2D eigenvalue weighted by Gasteiger charge is 2.21. The highest BCUT2D eigenvalue weighted by molar-refractivity contribution is 5.78. The van der Waals surface area contributed by atoms with Gasteiger partial charge in [-0.2, -0.15) is 0 Å². The summed E-state index contributed by atoms with van der Waals surface area (Å²) in [6, 6.07) is 8.48. The first-order valence-electron chi connectivity index (χ1n) is 6.89. The topological polar surface area (TPSA) is 50.4 Å². The van der Waals surface area contributed by atoms with Gasteiger partial charge < -0.3 is 15.4 Å². The number of hydrogen-bond donors (Lipinski definition) is 2. The third-order valence-electron chi connectivity index (χ3n) is 3.39. The zero-order chi connectivity index (χ0) is 13.7. The molecule has 0 heterocycles. The quantitative estimate of drug-likeness (QED) is 0.790. The van der Waals surface area contributed by atoms with E-state index in [9.17, 15) is 4.79 Å². The van der Waals surface area contributed by atoms with E-state index in [1.165, 1.54) is 12.8 Å². The molecular formula is C15H22N2O2. The van der Waals surface area contributed by atoms with E-state index in [2.05, 4.69) is 17.6 Å². The summed E-state index contributed by atoms with van der Waals surface area (Å²) in [5, 5.41) is 6.28. The van der Waals surface area contributed by atoms with Crippen molar-refractivity contribution in [2.24, 2.45) is 0 Å². The van der Waals surface area contributed by atoms with Gasteiger partial charge in [0, 0.05) is 6.04 Å². The minimum atomic E-state index is 0.0644. The van der Waals surface area contributed by atoms with Gasteiger partial charge in [0.15, 0.2) is 0 Å². The average molecular weight is 262 g/mol. The lowest BCUT2D eigenvalue weighted by atomic mass is 10.0. The Morgan fingerprint density at radius 2 is 2.05 bits per heavy atom. The van der Waals surface area contributed by atoms with Crippen molar-refractivity contribution >= 4 is 5.91 Å². The van der Waals surface area contributed by atoms with E-state index < -0.39 is 0 Å². The molecule has 1 aliphatic carbocycles. The summed E-state index contributed by atoms with van der Waals surface area (Å²) in [7, 11) is 1.65. The van der Waals surface area contributed by atoms with Gasteiger partial charge in [0.25, 0.3) is 0 Å². The number of amides is 1. The number of rotatable bonds is 7. The second-order valence-corrected chi connectivity index (χ2v) is 4.96. The van der Waals surface area contributed by atoms with Crippen LogP contribution in [0.2, 0.25) is 0 Å². The number of ether oxygens (including phenoxy) is 1. The zero-order valence-corrected chi connectivity index (χ0v) is 11.6. The van der Waals surface area contributed by atoms with E-state index in [1.807, 2.05) is 24.3 Å².